The van der Waals surface area contributed by atoms with Crippen LogP contribution in [-0.4, -0.2) is 55.8 Å². The minimum absolute atomic E-state index is 0.0339. The van der Waals surface area contributed by atoms with E-state index < -0.39 is 0 Å². The molecule has 0 atom stereocenters. The zero-order chi connectivity index (χ0) is 25.9. The van der Waals surface area contributed by atoms with Crippen LogP contribution in [0.4, 0.5) is 5.69 Å². The minimum atomic E-state index is 0.0339. The number of anilines is 1. The molecule has 37 heavy (non-hydrogen) atoms. The summed E-state index contributed by atoms with van der Waals surface area (Å²) in [6, 6.07) is 25.7. The van der Waals surface area contributed by atoms with E-state index in [1.807, 2.05) is 72.5 Å². The van der Waals surface area contributed by atoms with Crippen molar-refractivity contribution in [2.45, 2.75) is 6.92 Å². The maximum Gasteiger partial charge on any atom is 0.255 e. The molecule has 1 saturated heterocycles. The SMILES string of the molecule is COc1ccc(-n2c(-c3ccccc3)cc(C(=O)N3CCN(c4cccc(Cl)c4)CC3)c2C)c(OC)c1. The molecule has 6 nitrogen and oxygen atoms in total. The van der Waals surface area contributed by atoms with Crippen molar-refractivity contribution < 1.29 is 14.3 Å². The van der Waals surface area contributed by atoms with Gasteiger partial charge in [0.05, 0.1) is 31.2 Å². The van der Waals surface area contributed by atoms with Crippen molar-refractivity contribution in [2.24, 2.45) is 0 Å². The van der Waals surface area contributed by atoms with Crippen molar-refractivity contribution in [1.29, 1.82) is 0 Å². The molecule has 4 aromatic rings. The fourth-order valence-corrected chi connectivity index (χ4v) is 5.12. The van der Waals surface area contributed by atoms with Crippen molar-refractivity contribution in [1.82, 2.24) is 9.47 Å². The number of amides is 1. The van der Waals surface area contributed by atoms with E-state index in [9.17, 15) is 4.79 Å². The number of piperazine rings is 1. The molecule has 190 valence electrons. The highest BCUT2D eigenvalue weighted by Gasteiger charge is 2.27. The summed E-state index contributed by atoms with van der Waals surface area (Å²) in [6.07, 6.45) is 0. The number of ether oxygens (including phenoxy) is 2. The Labute approximate surface area is 222 Å². The van der Waals surface area contributed by atoms with Crippen molar-refractivity contribution >= 4 is 23.2 Å². The number of carbonyl (C=O) groups excluding carboxylic acids is 1. The first-order valence-corrected chi connectivity index (χ1v) is 12.7. The Kier molecular flexibility index (Phi) is 7.10. The maximum absolute atomic E-state index is 13.8. The quantitative estimate of drug-likeness (QED) is 0.312. The molecule has 0 spiro atoms. The first kappa shape index (κ1) is 24.8. The van der Waals surface area contributed by atoms with Gasteiger partial charge in [0.1, 0.15) is 11.5 Å². The first-order chi connectivity index (χ1) is 18.0. The molecule has 0 radical (unpaired) electrons. The minimum Gasteiger partial charge on any atom is -0.497 e. The van der Waals surface area contributed by atoms with Crippen LogP contribution >= 0.6 is 11.6 Å². The number of benzene rings is 3. The topological polar surface area (TPSA) is 46.9 Å². The van der Waals surface area contributed by atoms with E-state index in [1.54, 1.807) is 14.2 Å². The third-order valence-electron chi connectivity index (χ3n) is 6.92. The zero-order valence-electron chi connectivity index (χ0n) is 21.3. The highest BCUT2D eigenvalue weighted by molar-refractivity contribution is 6.30. The first-order valence-electron chi connectivity index (χ1n) is 12.3. The smallest absolute Gasteiger partial charge is 0.255 e. The predicted octanol–water partition coefficient (Wildman–Crippen LogP) is 6.09. The molecule has 0 aliphatic carbocycles. The summed E-state index contributed by atoms with van der Waals surface area (Å²) in [5.41, 5.74) is 5.44. The van der Waals surface area contributed by atoms with Crippen molar-refractivity contribution in [3.63, 3.8) is 0 Å². The lowest BCUT2D eigenvalue weighted by atomic mass is 10.1. The van der Waals surface area contributed by atoms with Gasteiger partial charge in [-0.05, 0) is 48.9 Å². The molecule has 0 saturated carbocycles. The Morgan fingerprint density at radius 3 is 2.27 bits per heavy atom. The molecule has 0 N–H and O–H groups in total. The molecule has 1 aliphatic heterocycles. The van der Waals surface area contributed by atoms with Crippen LogP contribution in [-0.2, 0) is 0 Å². The predicted molar refractivity (Wildman–Crippen MR) is 149 cm³/mol. The van der Waals surface area contributed by atoms with E-state index in [0.29, 0.717) is 30.2 Å². The lowest BCUT2D eigenvalue weighted by Gasteiger charge is -2.36. The third-order valence-corrected chi connectivity index (χ3v) is 7.15. The van der Waals surface area contributed by atoms with Gasteiger partial charge in [0.25, 0.3) is 5.91 Å². The van der Waals surface area contributed by atoms with Gasteiger partial charge in [-0.25, -0.2) is 0 Å². The van der Waals surface area contributed by atoms with Gasteiger partial charge in [0, 0.05) is 48.6 Å². The van der Waals surface area contributed by atoms with Crippen LogP contribution in [0.25, 0.3) is 16.9 Å². The molecule has 1 aromatic heterocycles. The van der Waals surface area contributed by atoms with Gasteiger partial charge >= 0.3 is 0 Å². The van der Waals surface area contributed by atoms with Crippen LogP contribution in [0.2, 0.25) is 5.02 Å². The standard InChI is InChI=1S/C30H30ClN3O3/c1-21-26(30(35)33-16-14-32(15-17-33)24-11-7-10-23(31)18-24)20-28(22-8-5-4-6-9-22)34(21)27-13-12-25(36-2)19-29(27)37-3/h4-13,18-20H,14-17H2,1-3H3. The van der Waals surface area contributed by atoms with E-state index in [4.69, 9.17) is 21.1 Å². The van der Waals surface area contributed by atoms with Gasteiger partial charge in [-0.2, -0.15) is 0 Å². The van der Waals surface area contributed by atoms with Crippen LogP contribution in [0.5, 0.6) is 11.5 Å². The molecular weight excluding hydrogens is 486 g/mol. The molecule has 0 bridgehead atoms. The Balaban J connectivity index is 1.49. The van der Waals surface area contributed by atoms with Crippen molar-refractivity contribution in [3.05, 3.63) is 95.1 Å². The Hall–Kier alpha value is -3.90. The van der Waals surface area contributed by atoms with Gasteiger partial charge in [0.2, 0.25) is 0 Å². The highest BCUT2D eigenvalue weighted by Crippen LogP contribution is 2.36. The lowest BCUT2D eigenvalue weighted by molar-refractivity contribution is 0.0746. The molecule has 7 heteroatoms. The zero-order valence-corrected chi connectivity index (χ0v) is 22.0. The number of rotatable bonds is 6. The van der Waals surface area contributed by atoms with Crippen LogP contribution in [0, 0.1) is 6.92 Å². The van der Waals surface area contributed by atoms with Gasteiger partial charge < -0.3 is 23.8 Å². The number of methoxy groups -OCH3 is 2. The molecule has 3 aromatic carbocycles. The number of nitrogens with zero attached hydrogens (tertiary/aromatic N) is 3. The second-order valence-electron chi connectivity index (χ2n) is 9.03. The van der Waals surface area contributed by atoms with Crippen LogP contribution in [0.15, 0.2) is 78.9 Å². The third kappa shape index (κ3) is 4.89. The molecule has 1 fully saturated rings. The van der Waals surface area contributed by atoms with E-state index >= 15 is 0 Å². The number of hydrogen-bond acceptors (Lipinski definition) is 4. The van der Waals surface area contributed by atoms with Gasteiger partial charge in [-0.3, -0.25) is 4.79 Å². The summed E-state index contributed by atoms with van der Waals surface area (Å²) >= 11 is 6.19. The van der Waals surface area contributed by atoms with E-state index in [0.717, 1.165) is 46.4 Å². The Bertz CT molecular complexity index is 1410. The summed E-state index contributed by atoms with van der Waals surface area (Å²) in [5.74, 6) is 1.41. The second kappa shape index (κ2) is 10.6. The molecule has 2 heterocycles. The molecule has 1 amide bonds. The number of aromatic nitrogens is 1. The lowest BCUT2D eigenvalue weighted by Crippen LogP contribution is -2.48. The van der Waals surface area contributed by atoms with Gasteiger partial charge in [0.15, 0.2) is 0 Å². The number of halogens is 1. The summed E-state index contributed by atoms with van der Waals surface area (Å²) in [5, 5.41) is 0.718. The molecule has 0 unspecified atom stereocenters. The molecule has 5 rings (SSSR count). The van der Waals surface area contributed by atoms with Crippen molar-refractivity contribution in [3.8, 4) is 28.4 Å². The summed E-state index contributed by atoms with van der Waals surface area (Å²) in [7, 11) is 3.28. The Morgan fingerprint density at radius 1 is 0.838 bits per heavy atom. The van der Waals surface area contributed by atoms with Gasteiger partial charge in [-0.1, -0.05) is 48.0 Å². The van der Waals surface area contributed by atoms with E-state index in [1.165, 1.54) is 0 Å². The largest absolute Gasteiger partial charge is 0.497 e. The second-order valence-corrected chi connectivity index (χ2v) is 9.46. The normalized spacial score (nSPS) is 13.5. The summed E-state index contributed by atoms with van der Waals surface area (Å²) in [6.45, 7) is 4.78. The van der Waals surface area contributed by atoms with E-state index in [-0.39, 0.29) is 5.91 Å². The molecular formula is C30H30ClN3O3. The highest BCUT2D eigenvalue weighted by atomic mass is 35.5. The van der Waals surface area contributed by atoms with Crippen LogP contribution in [0.1, 0.15) is 16.1 Å². The number of hydrogen-bond donors (Lipinski definition) is 0. The maximum atomic E-state index is 13.8. The average molecular weight is 516 g/mol. The average Bonchev–Trinajstić information content (AvgIpc) is 3.29. The van der Waals surface area contributed by atoms with Crippen LogP contribution < -0.4 is 14.4 Å². The fraction of sp³-hybridized carbons (Fsp3) is 0.233. The number of carbonyl (C=O) groups is 1. The Morgan fingerprint density at radius 2 is 1.59 bits per heavy atom. The fourth-order valence-electron chi connectivity index (χ4n) is 4.94. The molecule has 1 aliphatic rings. The monoisotopic (exact) mass is 515 g/mol. The van der Waals surface area contributed by atoms with Crippen molar-refractivity contribution in [2.75, 3.05) is 45.3 Å². The summed E-state index contributed by atoms with van der Waals surface area (Å²) < 4.78 is 13.2. The van der Waals surface area contributed by atoms with Crippen LogP contribution in [0.3, 0.4) is 0 Å². The van der Waals surface area contributed by atoms with E-state index in [2.05, 4.69) is 27.7 Å². The van der Waals surface area contributed by atoms with Gasteiger partial charge in [-0.15, -0.1) is 0 Å². The summed E-state index contributed by atoms with van der Waals surface area (Å²) in [4.78, 5) is 18.0.